The van der Waals surface area contributed by atoms with Gasteiger partial charge in [-0.1, -0.05) is 30.8 Å². The van der Waals surface area contributed by atoms with Crippen molar-refractivity contribution in [3.8, 4) is 5.75 Å². The van der Waals surface area contributed by atoms with Crippen molar-refractivity contribution in [1.29, 1.82) is 0 Å². The van der Waals surface area contributed by atoms with Crippen molar-refractivity contribution < 1.29 is 4.74 Å². The van der Waals surface area contributed by atoms with Crippen LogP contribution in [-0.4, -0.2) is 34.6 Å². The van der Waals surface area contributed by atoms with E-state index >= 15 is 0 Å². The number of hydrogen-bond donors (Lipinski definition) is 2. The fourth-order valence-electron chi connectivity index (χ4n) is 1.98. The first kappa shape index (κ1) is 13.9. The number of rotatable bonds is 6. The summed E-state index contributed by atoms with van der Waals surface area (Å²) in [6.45, 7) is 2.17. The van der Waals surface area contributed by atoms with Crippen LogP contribution in [0.15, 0.2) is 35.7 Å². The molecule has 2 rings (SSSR count). The van der Waals surface area contributed by atoms with Gasteiger partial charge in [0.1, 0.15) is 12.1 Å². The van der Waals surface area contributed by atoms with Gasteiger partial charge in [0.25, 0.3) is 0 Å². The van der Waals surface area contributed by atoms with E-state index in [0.717, 1.165) is 10.9 Å². The predicted octanol–water partition coefficient (Wildman–Crippen LogP) is 2.25. The van der Waals surface area contributed by atoms with Crippen molar-refractivity contribution in [2.24, 2.45) is 0 Å². The zero-order chi connectivity index (χ0) is 13.7. The van der Waals surface area contributed by atoms with Gasteiger partial charge >= 0.3 is 0 Å². The van der Waals surface area contributed by atoms with E-state index in [1.807, 2.05) is 19.2 Å². The van der Waals surface area contributed by atoms with Gasteiger partial charge in [-0.15, -0.1) is 0 Å². The van der Waals surface area contributed by atoms with Crippen LogP contribution < -0.4 is 10.1 Å². The zero-order valence-corrected chi connectivity index (χ0v) is 12.1. The fraction of sp³-hybridized carbons (Fsp3) is 0.385. The van der Waals surface area contributed by atoms with Gasteiger partial charge in [-0.2, -0.15) is 5.10 Å². The standard InChI is InChI=1S/C13H18N4OS/c1-9(19-13-15-8-16-17-13)12(14-2)10-4-6-11(18-3)7-5-10/h4-9,12,14H,1-3H3,(H,15,16,17). The maximum Gasteiger partial charge on any atom is 0.183 e. The van der Waals surface area contributed by atoms with E-state index in [-0.39, 0.29) is 6.04 Å². The van der Waals surface area contributed by atoms with E-state index in [1.54, 1.807) is 18.9 Å². The Labute approximate surface area is 117 Å². The van der Waals surface area contributed by atoms with E-state index in [0.29, 0.717) is 5.25 Å². The van der Waals surface area contributed by atoms with E-state index < -0.39 is 0 Å². The van der Waals surface area contributed by atoms with Crippen molar-refractivity contribution in [2.75, 3.05) is 14.2 Å². The lowest BCUT2D eigenvalue weighted by Crippen LogP contribution is -2.25. The number of hydrogen-bond acceptors (Lipinski definition) is 5. The number of methoxy groups -OCH3 is 1. The van der Waals surface area contributed by atoms with Crippen LogP contribution in [0.3, 0.4) is 0 Å². The summed E-state index contributed by atoms with van der Waals surface area (Å²) >= 11 is 1.66. The highest BCUT2D eigenvalue weighted by Gasteiger charge is 2.19. The summed E-state index contributed by atoms with van der Waals surface area (Å²) in [5, 5.41) is 11.2. The van der Waals surface area contributed by atoms with Crippen molar-refractivity contribution in [3.63, 3.8) is 0 Å². The highest BCUT2D eigenvalue weighted by molar-refractivity contribution is 7.99. The van der Waals surface area contributed by atoms with Crippen LogP contribution in [0.1, 0.15) is 18.5 Å². The summed E-state index contributed by atoms with van der Waals surface area (Å²) in [5.41, 5.74) is 1.22. The minimum absolute atomic E-state index is 0.237. The molecule has 19 heavy (non-hydrogen) atoms. The number of aromatic amines is 1. The molecule has 0 saturated heterocycles. The molecule has 0 radical (unpaired) electrons. The second-order valence-corrected chi connectivity index (χ2v) is 5.52. The first-order chi connectivity index (χ1) is 9.24. The molecule has 0 saturated carbocycles. The van der Waals surface area contributed by atoms with E-state index in [4.69, 9.17) is 4.74 Å². The van der Waals surface area contributed by atoms with Gasteiger partial charge in [0.05, 0.1) is 7.11 Å². The molecule has 2 N–H and O–H groups in total. The van der Waals surface area contributed by atoms with Crippen molar-refractivity contribution in [2.45, 2.75) is 23.4 Å². The summed E-state index contributed by atoms with van der Waals surface area (Å²) in [4.78, 5) is 4.14. The topological polar surface area (TPSA) is 62.8 Å². The highest BCUT2D eigenvalue weighted by Crippen LogP contribution is 2.30. The largest absolute Gasteiger partial charge is 0.497 e. The Bertz CT molecular complexity index is 486. The number of ether oxygens (including phenoxy) is 1. The second-order valence-electron chi connectivity index (χ2n) is 4.15. The van der Waals surface area contributed by atoms with E-state index in [2.05, 4.69) is 39.6 Å². The fourth-order valence-corrected chi connectivity index (χ4v) is 2.97. The quantitative estimate of drug-likeness (QED) is 0.794. The predicted molar refractivity (Wildman–Crippen MR) is 76.5 cm³/mol. The van der Waals surface area contributed by atoms with Crippen molar-refractivity contribution in [1.82, 2.24) is 20.5 Å². The molecular formula is C13H18N4OS. The third-order valence-electron chi connectivity index (χ3n) is 2.95. The molecule has 1 aromatic heterocycles. The molecule has 2 unspecified atom stereocenters. The van der Waals surface area contributed by atoms with Crippen LogP contribution in [0.4, 0.5) is 0 Å². The Hall–Kier alpha value is -1.53. The molecule has 0 amide bonds. The summed E-state index contributed by atoms with van der Waals surface area (Å²) in [5.74, 6) is 0.870. The van der Waals surface area contributed by atoms with Gasteiger partial charge in [0, 0.05) is 11.3 Å². The summed E-state index contributed by atoms with van der Waals surface area (Å²) < 4.78 is 5.18. The third kappa shape index (κ3) is 3.48. The Morgan fingerprint density at radius 1 is 1.32 bits per heavy atom. The van der Waals surface area contributed by atoms with Gasteiger partial charge in [-0.3, -0.25) is 5.10 Å². The lowest BCUT2D eigenvalue weighted by atomic mass is 10.0. The molecule has 0 aliphatic carbocycles. The van der Waals surface area contributed by atoms with Crippen molar-refractivity contribution >= 4 is 11.8 Å². The van der Waals surface area contributed by atoms with Crippen LogP contribution in [-0.2, 0) is 0 Å². The SMILES string of the molecule is CNC(c1ccc(OC)cc1)C(C)Sc1ncn[nH]1. The first-order valence-corrected chi connectivity index (χ1v) is 6.95. The van der Waals surface area contributed by atoms with E-state index in [1.165, 1.54) is 11.9 Å². The number of H-pyrrole nitrogens is 1. The van der Waals surface area contributed by atoms with Crippen molar-refractivity contribution in [3.05, 3.63) is 36.2 Å². The lowest BCUT2D eigenvalue weighted by molar-refractivity contribution is 0.414. The summed E-state index contributed by atoms with van der Waals surface area (Å²) in [7, 11) is 3.64. The summed E-state index contributed by atoms with van der Waals surface area (Å²) in [6, 6.07) is 8.35. The maximum atomic E-state index is 5.18. The number of benzene rings is 1. The van der Waals surface area contributed by atoms with Gasteiger partial charge in [0.2, 0.25) is 0 Å². The molecule has 102 valence electrons. The molecule has 5 nitrogen and oxygen atoms in total. The zero-order valence-electron chi connectivity index (χ0n) is 11.3. The molecule has 1 aromatic carbocycles. The molecule has 0 aliphatic rings. The van der Waals surface area contributed by atoms with Crippen LogP contribution >= 0.6 is 11.8 Å². The minimum Gasteiger partial charge on any atom is -0.497 e. The van der Waals surface area contributed by atoms with Gasteiger partial charge in [-0.25, -0.2) is 4.98 Å². The molecule has 1 heterocycles. The van der Waals surface area contributed by atoms with Gasteiger partial charge < -0.3 is 10.1 Å². The van der Waals surface area contributed by atoms with Crippen LogP contribution in [0.25, 0.3) is 0 Å². The number of nitrogens with zero attached hydrogens (tertiary/aromatic N) is 2. The average molecular weight is 278 g/mol. The Morgan fingerprint density at radius 2 is 2.05 bits per heavy atom. The summed E-state index contributed by atoms with van der Waals surface area (Å²) in [6.07, 6.45) is 1.52. The van der Waals surface area contributed by atoms with Crippen LogP contribution in [0, 0.1) is 0 Å². The molecule has 2 atom stereocenters. The molecule has 2 aromatic rings. The average Bonchev–Trinajstić information content (AvgIpc) is 2.93. The van der Waals surface area contributed by atoms with E-state index in [9.17, 15) is 0 Å². The number of nitrogens with one attached hydrogen (secondary N) is 2. The first-order valence-electron chi connectivity index (χ1n) is 6.08. The Morgan fingerprint density at radius 3 is 2.58 bits per heavy atom. The van der Waals surface area contributed by atoms with Crippen LogP contribution in [0.2, 0.25) is 0 Å². The molecule has 0 fully saturated rings. The third-order valence-corrected chi connectivity index (χ3v) is 4.01. The van der Waals surface area contributed by atoms with Gasteiger partial charge in [0.15, 0.2) is 5.16 Å². The van der Waals surface area contributed by atoms with Gasteiger partial charge in [-0.05, 0) is 24.7 Å². The smallest absolute Gasteiger partial charge is 0.183 e. The molecule has 6 heteroatoms. The highest BCUT2D eigenvalue weighted by atomic mass is 32.2. The molecule has 0 spiro atoms. The van der Waals surface area contributed by atoms with Crippen LogP contribution in [0.5, 0.6) is 5.75 Å². The monoisotopic (exact) mass is 278 g/mol. The maximum absolute atomic E-state index is 5.18. The molecule has 0 bridgehead atoms. The molecular weight excluding hydrogens is 260 g/mol. The Kier molecular flexibility index (Phi) is 4.81. The lowest BCUT2D eigenvalue weighted by Gasteiger charge is -2.22. The molecule has 0 aliphatic heterocycles. The number of aromatic nitrogens is 3. The minimum atomic E-state index is 0.237. The number of thioether (sulfide) groups is 1. The normalized spacial score (nSPS) is 14.1. The Balaban J connectivity index is 2.09. The second kappa shape index (κ2) is 6.58.